The fraction of sp³-hybridized carbons (Fsp3) is 0.600. The molecule has 1 aromatic carbocycles. The van der Waals surface area contributed by atoms with Gasteiger partial charge in [0.05, 0.1) is 18.2 Å². The fourth-order valence-corrected chi connectivity index (χ4v) is 1.98. The Kier molecular flexibility index (Phi) is 7.73. The zero-order valence-electron chi connectivity index (χ0n) is 12.7. The van der Waals surface area contributed by atoms with Crippen molar-refractivity contribution in [2.75, 3.05) is 27.4 Å². The lowest BCUT2D eigenvalue weighted by Gasteiger charge is -2.16. The molecule has 0 aliphatic heterocycles. The van der Waals surface area contributed by atoms with Crippen molar-refractivity contribution in [3.05, 3.63) is 22.7 Å². The summed E-state index contributed by atoms with van der Waals surface area (Å²) < 4.78 is 16.2. The van der Waals surface area contributed by atoms with E-state index in [1.165, 1.54) is 0 Å². The predicted molar refractivity (Wildman–Crippen MR) is 82.0 cm³/mol. The monoisotopic (exact) mass is 301 g/mol. The minimum absolute atomic E-state index is 0.00155. The molecule has 0 saturated heterocycles. The van der Waals surface area contributed by atoms with Crippen molar-refractivity contribution in [2.45, 2.75) is 32.9 Å². The lowest BCUT2D eigenvalue weighted by atomic mass is 10.2. The number of methoxy groups -OCH3 is 2. The molecule has 20 heavy (non-hydrogen) atoms. The highest BCUT2D eigenvalue weighted by Gasteiger charge is 2.13. The molecule has 0 spiro atoms. The van der Waals surface area contributed by atoms with Gasteiger partial charge in [0.25, 0.3) is 0 Å². The van der Waals surface area contributed by atoms with Gasteiger partial charge in [-0.05, 0) is 37.6 Å². The van der Waals surface area contributed by atoms with E-state index in [2.05, 4.69) is 12.2 Å². The highest BCUT2D eigenvalue weighted by atomic mass is 35.5. The first kappa shape index (κ1) is 17.1. The van der Waals surface area contributed by atoms with Gasteiger partial charge in [0.15, 0.2) is 11.5 Å². The van der Waals surface area contributed by atoms with Crippen LogP contribution in [-0.2, 0) is 11.3 Å². The van der Waals surface area contributed by atoms with Crippen LogP contribution in [0.5, 0.6) is 11.5 Å². The molecular weight excluding hydrogens is 278 g/mol. The van der Waals surface area contributed by atoms with Crippen LogP contribution in [0.1, 0.15) is 25.8 Å². The van der Waals surface area contributed by atoms with E-state index < -0.39 is 0 Å². The molecule has 0 fully saturated rings. The molecule has 0 aliphatic rings. The first-order valence-electron chi connectivity index (χ1n) is 6.85. The van der Waals surface area contributed by atoms with E-state index >= 15 is 0 Å². The van der Waals surface area contributed by atoms with Crippen molar-refractivity contribution in [1.82, 2.24) is 5.32 Å². The molecule has 0 bridgehead atoms. The highest BCUT2D eigenvalue weighted by Crippen LogP contribution is 2.36. The lowest BCUT2D eigenvalue weighted by molar-refractivity contribution is 0.0706. The summed E-state index contributed by atoms with van der Waals surface area (Å²) >= 11 is 6.28. The Morgan fingerprint density at radius 2 is 2.05 bits per heavy atom. The molecule has 0 saturated carbocycles. The van der Waals surface area contributed by atoms with Crippen LogP contribution in [0.2, 0.25) is 5.02 Å². The standard InChI is InChI=1S/C15H24ClNO3/c1-5-6-17-9-12-7-13(16)15(14(8-12)19-4)20-10-11(2)18-3/h7-8,11,17H,5-6,9-10H2,1-4H3. The second kappa shape index (κ2) is 9.06. The second-order valence-corrected chi connectivity index (χ2v) is 5.05. The largest absolute Gasteiger partial charge is 0.493 e. The van der Waals surface area contributed by atoms with Crippen LogP contribution < -0.4 is 14.8 Å². The van der Waals surface area contributed by atoms with Crippen LogP contribution in [0.4, 0.5) is 0 Å². The average molecular weight is 302 g/mol. The number of ether oxygens (including phenoxy) is 3. The van der Waals surface area contributed by atoms with Gasteiger partial charge in [0.2, 0.25) is 0 Å². The Hall–Kier alpha value is -0.970. The zero-order valence-corrected chi connectivity index (χ0v) is 13.4. The third kappa shape index (κ3) is 5.19. The Bertz CT molecular complexity index is 412. The number of nitrogens with one attached hydrogen (secondary N) is 1. The molecule has 114 valence electrons. The molecule has 0 amide bonds. The van der Waals surface area contributed by atoms with E-state index in [-0.39, 0.29) is 6.10 Å². The maximum absolute atomic E-state index is 6.28. The van der Waals surface area contributed by atoms with E-state index in [0.29, 0.717) is 23.1 Å². The number of halogens is 1. The van der Waals surface area contributed by atoms with Gasteiger partial charge >= 0.3 is 0 Å². The molecule has 5 heteroatoms. The normalized spacial score (nSPS) is 12.2. The Balaban J connectivity index is 2.79. The third-order valence-electron chi connectivity index (χ3n) is 2.91. The number of hydrogen-bond acceptors (Lipinski definition) is 4. The Morgan fingerprint density at radius 1 is 1.30 bits per heavy atom. The van der Waals surface area contributed by atoms with E-state index in [0.717, 1.165) is 25.1 Å². The Morgan fingerprint density at radius 3 is 2.65 bits per heavy atom. The first-order valence-corrected chi connectivity index (χ1v) is 7.22. The summed E-state index contributed by atoms with van der Waals surface area (Å²) in [5.41, 5.74) is 1.08. The van der Waals surface area contributed by atoms with Crippen molar-refractivity contribution >= 4 is 11.6 Å². The summed E-state index contributed by atoms with van der Waals surface area (Å²) in [6.07, 6.45) is 1.10. The topological polar surface area (TPSA) is 39.7 Å². The summed E-state index contributed by atoms with van der Waals surface area (Å²) in [6.45, 7) is 6.24. The van der Waals surface area contributed by atoms with Crippen molar-refractivity contribution < 1.29 is 14.2 Å². The van der Waals surface area contributed by atoms with Gasteiger partial charge in [0, 0.05) is 13.7 Å². The van der Waals surface area contributed by atoms with Crippen molar-refractivity contribution in [3.8, 4) is 11.5 Å². The van der Waals surface area contributed by atoms with Crippen LogP contribution in [0.25, 0.3) is 0 Å². The summed E-state index contributed by atoms with van der Waals surface area (Å²) in [7, 11) is 3.26. The smallest absolute Gasteiger partial charge is 0.179 e. The highest BCUT2D eigenvalue weighted by molar-refractivity contribution is 6.32. The quantitative estimate of drug-likeness (QED) is 0.711. The van der Waals surface area contributed by atoms with Gasteiger partial charge in [-0.3, -0.25) is 0 Å². The molecular formula is C15H24ClNO3. The Labute approximate surface area is 126 Å². The predicted octanol–water partition coefficient (Wildman–Crippen LogP) is 3.26. The summed E-state index contributed by atoms with van der Waals surface area (Å²) in [5, 5.41) is 3.89. The molecule has 1 unspecified atom stereocenters. The van der Waals surface area contributed by atoms with Crippen molar-refractivity contribution in [3.63, 3.8) is 0 Å². The molecule has 0 aliphatic carbocycles. The lowest BCUT2D eigenvalue weighted by Crippen LogP contribution is -2.17. The first-order chi connectivity index (χ1) is 9.62. The number of benzene rings is 1. The van der Waals surface area contributed by atoms with Crippen molar-refractivity contribution in [1.29, 1.82) is 0 Å². The van der Waals surface area contributed by atoms with E-state index in [9.17, 15) is 0 Å². The summed E-state index contributed by atoms with van der Waals surface area (Å²) in [6, 6.07) is 3.85. The van der Waals surface area contributed by atoms with Gasteiger partial charge in [-0.15, -0.1) is 0 Å². The van der Waals surface area contributed by atoms with Crippen LogP contribution in [0, 0.1) is 0 Å². The van der Waals surface area contributed by atoms with E-state index in [1.807, 2.05) is 19.1 Å². The van der Waals surface area contributed by atoms with Crippen LogP contribution in [-0.4, -0.2) is 33.5 Å². The molecule has 0 aromatic heterocycles. The van der Waals surface area contributed by atoms with Gasteiger partial charge < -0.3 is 19.5 Å². The van der Waals surface area contributed by atoms with Gasteiger partial charge in [-0.1, -0.05) is 18.5 Å². The zero-order chi connectivity index (χ0) is 15.0. The van der Waals surface area contributed by atoms with Gasteiger partial charge in [-0.25, -0.2) is 0 Å². The number of hydrogen-bond donors (Lipinski definition) is 1. The second-order valence-electron chi connectivity index (χ2n) is 4.64. The molecule has 0 radical (unpaired) electrons. The van der Waals surface area contributed by atoms with Crippen LogP contribution in [0.15, 0.2) is 12.1 Å². The van der Waals surface area contributed by atoms with Crippen LogP contribution >= 0.6 is 11.6 Å². The maximum Gasteiger partial charge on any atom is 0.179 e. The maximum atomic E-state index is 6.28. The molecule has 1 aromatic rings. The van der Waals surface area contributed by atoms with E-state index in [1.54, 1.807) is 14.2 Å². The SMILES string of the molecule is CCCNCc1cc(Cl)c(OCC(C)OC)c(OC)c1. The third-order valence-corrected chi connectivity index (χ3v) is 3.19. The van der Waals surface area contributed by atoms with Gasteiger partial charge in [0.1, 0.15) is 6.61 Å². The molecule has 1 rings (SSSR count). The molecule has 0 heterocycles. The average Bonchev–Trinajstić information content (AvgIpc) is 2.45. The van der Waals surface area contributed by atoms with Gasteiger partial charge in [-0.2, -0.15) is 0 Å². The van der Waals surface area contributed by atoms with E-state index in [4.69, 9.17) is 25.8 Å². The number of rotatable bonds is 9. The van der Waals surface area contributed by atoms with Crippen molar-refractivity contribution in [2.24, 2.45) is 0 Å². The minimum Gasteiger partial charge on any atom is -0.493 e. The molecule has 4 nitrogen and oxygen atoms in total. The minimum atomic E-state index is 0.00155. The summed E-state index contributed by atoms with van der Waals surface area (Å²) in [5.74, 6) is 1.21. The van der Waals surface area contributed by atoms with Crippen LogP contribution in [0.3, 0.4) is 0 Å². The fourth-order valence-electron chi connectivity index (χ4n) is 1.69. The molecule has 1 N–H and O–H groups in total. The summed E-state index contributed by atoms with van der Waals surface area (Å²) in [4.78, 5) is 0. The molecule has 1 atom stereocenters.